The molecule has 2 aromatic rings. The van der Waals surface area contributed by atoms with E-state index in [4.69, 9.17) is 10.5 Å². The molecule has 0 bridgehead atoms. The van der Waals surface area contributed by atoms with Gasteiger partial charge in [0.2, 0.25) is 0 Å². The average molecular weight is 367 g/mol. The second-order valence-electron chi connectivity index (χ2n) is 7.51. The molecule has 0 radical (unpaired) electrons. The molecule has 5 heteroatoms. The normalized spacial score (nSPS) is 15.1. The molecule has 0 saturated carbocycles. The van der Waals surface area contributed by atoms with Crippen molar-refractivity contribution < 1.29 is 19.4 Å². The molecule has 0 fully saturated rings. The van der Waals surface area contributed by atoms with Gasteiger partial charge in [0.05, 0.1) is 0 Å². The Balaban J connectivity index is 1.86. The number of carboxylic acids is 1. The topological polar surface area (TPSA) is 89.6 Å². The number of nitrogens with two attached hydrogens (primary N) is 1. The predicted octanol–water partition coefficient (Wildman–Crippen LogP) is 3.42. The van der Waals surface area contributed by atoms with Crippen LogP contribution in [0.5, 0.6) is 0 Å². The van der Waals surface area contributed by atoms with Crippen LogP contribution in [0, 0.1) is 11.3 Å². The number of carboxylic acid groups (broad SMARTS) is 1. The highest BCUT2D eigenvalue weighted by atomic mass is 16.5. The first-order valence-corrected chi connectivity index (χ1v) is 9.19. The van der Waals surface area contributed by atoms with Crippen LogP contribution < -0.4 is 5.73 Å². The van der Waals surface area contributed by atoms with Crippen LogP contribution in [0.1, 0.15) is 37.3 Å². The van der Waals surface area contributed by atoms with Crippen LogP contribution in [-0.4, -0.2) is 30.2 Å². The zero-order valence-electron chi connectivity index (χ0n) is 15.6. The Morgan fingerprint density at radius 1 is 1.07 bits per heavy atom. The standard InChI is InChI=1S/C22H25NO4/c1-14(2)11-22(13-23,20(24)25)21(26)27-12-19-17-9-5-3-7-15(17)16-8-4-6-10-18(16)19/h3-10,14,19H,11-13,23H2,1-2H3,(H,24,25). The van der Waals surface area contributed by atoms with E-state index in [-0.39, 0.29) is 31.4 Å². The molecule has 3 N–H and O–H groups in total. The molecular formula is C22H25NO4. The minimum Gasteiger partial charge on any atom is -0.480 e. The number of hydrogen-bond donors (Lipinski definition) is 2. The molecule has 1 atom stereocenters. The fraction of sp³-hybridized carbons (Fsp3) is 0.364. The van der Waals surface area contributed by atoms with Gasteiger partial charge < -0.3 is 15.6 Å². The highest BCUT2D eigenvalue weighted by Crippen LogP contribution is 2.44. The van der Waals surface area contributed by atoms with Crippen LogP contribution in [0.2, 0.25) is 0 Å². The maximum absolute atomic E-state index is 12.8. The molecule has 1 aliphatic carbocycles. The summed E-state index contributed by atoms with van der Waals surface area (Å²) >= 11 is 0. The van der Waals surface area contributed by atoms with Crippen molar-refractivity contribution >= 4 is 11.9 Å². The van der Waals surface area contributed by atoms with E-state index in [1.165, 1.54) is 0 Å². The number of hydrogen-bond acceptors (Lipinski definition) is 4. The number of fused-ring (bicyclic) bond motifs is 3. The second kappa shape index (κ2) is 7.53. The number of ether oxygens (including phenoxy) is 1. The molecule has 1 unspecified atom stereocenters. The van der Waals surface area contributed by atoms with E-state index in [0.29, 0.717) is 0 Å². The first-order valence-electron chi connectivity index (χ1n) is 9.19. The van der Waals surface area contributed by atoms with Crippen molar-refractivity contribution in [2.75, 3.05) is 13.2 Å². The molecule has 1 aliphatic rings. The molecular weight excluding hydrogens is 342 g/mol. The summed E-state index contributed by atoms with van der Waals surface area (Å²) in [6, 6.07) is 16.0. The van der Waals surface area contributed by atoms with Crippen molar-refractivity contribution in [3.05, 3.63) is 59.7 Å². The number of benzene rings is 2. The third-order valence-corrected chi connectivity index (χ3v) is 5.25. The molecule has 0 heterocycles. The van der Waals surface area contributed by atoms with E-state index >= 15 is 0 Å². The van der Waals surface area contributed by atoms with Crippen molar-refractivity contribution in [3.8, 4) is 11.1 Å². The van der Waals surface area contributed by atoms with Gasteiger partial charge in [-0.05, 0) is 34.6 Å². The van der Waals surface area contributed by atoms with Gasteiger partial charge in [-0.3, -0.25) is 9.59 Å². The molecule has 5 nitrogen and oxygen atoms in total. The van der Waals surface area contributed by atoms with Gasteiger partial charge >= 0.3 is 11.9 Å². The van der Waals surface area contributed by atoms with E-state index in [0.717, 1.165) is 22.3 Å². The maximum Gasteiger partial charge on any atom is 0.324 e. The van der Waals surface area contributed by atoms with E-state index < -0.39 is 17.4 Å². The summed E-state index contributed by atoms with van der Waals surface area (Å²) in [6.45, 7) is 3.55. The number of carbonyl (C=O) groups excluding carboxylic acids is 1. The summed E-state index contributed by atoms with van der Waals surface area (Å²) in [6.07, 6.45) is 0.148. The summed E-state index contributed by atoms with van der Waals surface area (Å²) < 4.78 is 5.56. The minimum absolute atomic E-state index is 0.00475. The molecule has 2 aromatic carbocycles. The van der Waals surface area contributed by atoms with Crippen molar-refractivity contribution in [2.45, 2.75) is 26.2 Å². The Hall–Kier alpha value is -2.66. The first-order chi connectivity index (χ1) is 12.9. The van der Waals surface area contributed by atoms with Crippen LogP contribution in [0.25, 0.3) is 11.1 Å². The van der Waals surface area contributed by atoms with E-state index in [9.17, 15) is 14.7 Å². The Labute approximate surface area is 159 Å². The van der Waals surface area contributed by atoms with Crippen molar-refractivity contribution in [2.24, 2.45) is 17.1 Å². The van der Waals surface area contributed by atoms with Crippen molar-refractivity contribution in [3.63, 3.8) is 0 Å². The van der Waals surface area contributed by atoms with Gasteiger partial charge in [-0.1, -0.05) is 62.4 Å². The van der Waals surface area contributed by atoms with Crippen LogP contribution in [0.4, 0.5) is 0 Å². The Morgan fingerprint density at radius 2 is 1.59 bits per heavy atom. The lowest BCUT2D eigenvalue weighted by Gasteiger charge is -2.28. The fourth-order valence-electron chi connectivity index (χ4n) is 3.95. The smallest absolute Gasteiger partial charge is 0.324 e. The van der Waals surface area contributed by atoms with Gasteiger partial charge in [-0.2, -0.15) is 0 Å². The van der Waals surface area contributed by atoms with Crippen molar-refractivity contribution in [1.29, 1.82) is 0 Å². The molecule has 3 rings (SSSR count). The number of aliphatic carboxylic acids is 1. The van der Waals surface area contributed by atoms with Gasteiger partial charge in [-0.15, -0.1) is 0 Å². The van der Waals surface area contributed by atoms with Crippen LogP contribution in [0.3, 0.4) is 0 Å². The molecule has 0 saturated heterocycles. The maximum atomic E-state index is 12.8. The monoisotopic (exact) mass is 367 g/mol. The summed E-state index contributed by atoms with van der Waals surface area (Å²) in [4.78, 5) is 24.6. The van der Waals surface area contributed by atoms with Crippen LogP contribution >= 0.6 is 0 Å². The Morgan fingerprint density at radius 3 is 2.04 bits per heavy atom. The van der Waals surface area contributed by atoms with E-state index in [1.54, 1.807) is 0 Å². The lowest BCUT2D eigenvalue weighted by atomic mass is 9.80. The number of rotatable bonds is 7. The predicted molar refractivity (Wildman–Crippen MR) is 103 cm³/mol. The third-order valence-electron chi connectivity index (χ3n) is 5.25. The summed E-state index contributed by atoms with van der Waals surface area (Å²) in [7, 11) is 0. The zero-order valence-corrected chi connectivity index (χ0v) is 15.6. The molecule has 0 spiro atoms. The van der Waals surface area contributed by atoms with Crippen molar-refractivity contribution in [1.82, 2.24) is 0 Å². The molecule has 0 aromatic heterocycles. The third kappa shape index (κ3) is 3.35. The molecule has 0 aliphatic heterocycles. The first kappa shape index (κ1) is 19.1. The molecule has 142 valence electrons. The fourth-order valence-corrected chi connectivity index (χ4v) is 3.95. The Bertz CT molecular complexity index is 815. The quantitative estimate of drug-likeness (QED) is 0.578. The second-order valence-corrected chi connectivity index (χ2v) is 7.51. The SMILES string of the molecule is CC(C)CC(CN)(C(=O)O)C(=O)OCC1c2ccccc2-c2ccccc21. The highest BCUT2D eigenvalue weighted by Gasteiger charge is 2.47. The van der Waals surface area contributed by atoms with Gasteiger partial charge in [-0.25, -0.2) is 0 Å². The van der Waals surface area contributed by atoms with E-state index in [2.05, 4.69) is 12.1 Å². The number of carbonyl (C=O) groups is 2. The van der Waals surface area contributed by atoms with Crippen LogP contribution in [-0.2, 0) is 14.3 Å². The van der Waals surface area contributed by atoms with E-state index in [1.807, 2.05) is 50.2 Å². The highest BCUT2D eigenvalue weighted by molar-refractivity contribution is 5.99. The minimum atomic E-state index is -1.70. The zero-order chi connectivity index (χ0) is 19.6. The van der Waals surface area contributed by atoms with Gasteiger partial charge in [0.1, 0.15) is 6.61 Å². The summed E-state index contributed by atoms with van der Waals surface area (Å²) in [5, 5.41) is 9.67. The van der Waals surface area contributed by atoms with Crippen LogP contribution in [0.15, 0.2) is 48.5 Å². The average Bonchev–Trinajstić information content (AvgIpc) is 2.97. The summed E-state index contributed by atoms with van der Waals surface area (Å²) in [5.74, 6) is -2.08. The van der Waals surface area contributed by atoms with Gasteiger partial charge in [0.25, 0.3) is 0 Å². The van der Waals surface area contributed by atoms with Gasteiger partial charge in [0, 0.05) is 12.5 Å². The number of esters is 1. The largest absolute Gasteiger partial charge is 0.480 e. The molecule has 27 heavy (non-hydrogen) atoms. The van der Waals surface area contributed by atoms with Gasteiger partial charge in [0.15, 0.2) is 5.41 Å². The lowest BCUT2D eigenvalue weighted by Crippen LogP contribution is -2.47. The molecule has 0 amide bonds. The Kier molecular flexibility index (Phi) is 5.33. The summed E-state index contributed by atoms with van der Waals surface area (Å²) in [5.41, 5.74) is 8.43. The lowest BCUT2D eigenvalue weighted by molar-refractivity contribution is -0.169.